The molecule has 0 spiro atoms. The predicted octanol–water partition coefficient (Wildman–Crippen LogP) is 3.55. The first-order chi connectivity index (χ1) is 15.3. The highest BCUT2D eigenvalue weighted by atomic mass is 32.2. The molecule has 0 saturated heterocycles. The standard InChI is InChI=1S/C24H35N3O3S2/c1-5-27(6-2)18-21-9-7-8-20(16-21)17-25-24(28)23(14-15-31-4)26-32(29,30)22-12-10-19(3)11-13-22/h7-13,16,23,26H,5-6,14-15,17-18H2,1-4H3,(H,25,28). The molecule has 0 bridgehead atoms. The summed E-state index contributed by atoms with van der Waals surface area (Å²) in [6.45, 7) is 9.36. The van der Waals surface area contributed by atoms with Gasteiger partial charge in [0, 0.05) is 13.1 Å². The summed E-state index contributed by atoms with van der Waals surface area (Å²) < 4.78 is 28.2. The topological polar surface area (TPSA) is 78.5 Å². The van der Waals surface area contributed by atoms with Crippen LogP contribution in [0.15, 0.2) is 53.4 Å². The van der Waals surface area contributed by atoms with E-state index in [1.54, 1.807) is 36.0 Å². The van der Waals surface area contributed by atoms with Gasteiger partial charge in [-0.05, 0) is 61.7 Å². The molecule has 2 aromatic rings. The lowest BCUT2D eigenvalue weighted by atomic mass is 10.1. The molecule has 1 unspecified atom stereocenters. The molecule has 0 saturated carbocycles. The molecule has 176 valence electrons. The van der Waals surface area contributed by atoms with Gasteiger partial charge in [0.25, 0.3) is 0 Å². The maximum absolute atomic E-state index is 12.9. The lowest BCUT2D eigenvalue weighted by molar-refractivity contribution is -0.122. The van der Waals surface area contributed by atoms with Gasteiger partial charge in [0.2, 0.25) is 15.9 Å². The van der Waals surface area contributed by atoms with Crippen LogP contribution in [-0.4, -0.2) is 50.4 Å². The van der Waals surface area contributed by atoms with E-state index in [-0.39, 0.29) is 10.8 Å². The van der Waals surface area contributed by atoms with E-state index in [1.165, 1.54) is 5.56 Å². The van der Waals surface area contributed by atoms with E-state index in [0.717, 1.165) is 30.8 Å². The smallest absolute Gasteiger partial charge is 0.241 e. The number of hydrogen-bond acceptors (Lipinski definition) is 5. The highest BCUT2D eigenvalue weighted by Crippen LogP contribution is 2.13. The molecule has 0 heterocycles. The summed E-state index contributed by atoms with van der Waals surface area (Å²) in [6.07, 6.45) is 2.35. The van der Waals surface area contributed by atoms with Gasteiger partial charge in [-0.15, -0.1) is 0 Å². The summed E-state index contributed by atoms with van der Waals surface area (Å²) in [5, 5.41) is 2.91. The number of nitrogens with one attached hydrogen (secondary N) is 2. The Kier molecular flexibility index (Phi) is 10.7. The minimum Gasteiger partial charge on any atom is -0.351 e. The van der Waals surface area contributed by atoms with Crippen molar-refractivity contribution < 1.29 is 13.2 Å². The molecule has 0 aliphatic rings. The lowest BCUT2D eigenvalue weighted by Gasteiger charge is -2.19. The van der Waals surface area contributed by atoms with Crippen molar-refractivity contribution in [3.8, 4) is 0 Å². The normalized spacial score (nSPS) is 12.7. The van der Waals surface area contributed by atoms with E-state index in [0.29, 0.717) is 18.7 Å². The molecule has 1 atom stereocenters. The Morgan fingerprint density at radius 1 is 1.06 bits per heavy atom. The SMILES string of the molecule is CCN(CC)Cc1cccc(CNC(=O)C(CCSC)NS(=O)(=O)c2ccc(C)cc2)c1. The third-order valence-corrected chi connectivity index (χ3v) is 7.45. The van der Waals surface area contributed by atoms with Crippen LogP contribution >= 0.6 is 11.8 Å². The Morgan fingerprint density at radius 2 is 1.72 bits per heavy atom. The van der Waals surface area contributed by atoms with Gasteiger partial charge in [-0.3, -0.25) is 9.69 Å². The van der Waals surface area contributed by atoms with Crippen LogP contribution in [0.2, 0.25) is 0 Å². The molecule has 0 aromatic heterocycles. The van der Waals surface area contributed by atoms with Gasteiger partial charge < -0.3 is 5.32 Å². The van der Waals surface area contributed by atoms with Gasteiger partial charge >= 0.3 is 0 Å². The Labute approximate surface area is 197 Å². The Balaban J connectivity index is 2.06. The Bertz CT molecular complexity index is 959. The molecule has 0 aliphatic heterocycles. The number of carbonyl (C=O) groups is 1. The van der Waals surface area contributed by atoms with Gasteiger partial charge in [-0.2, -0.15) is 16.5 Å². The van der Waals surface area contributed by atoms with Crippen LogP contribution in [-0.2, 0) is 27.9 Å². The van der Waals surface area contributed by atoms with E-state index in [4.69, 9.17) is 0 Å². The zero-order valence-corrected chi connectivity index (χ0v) is 21.1. The Hall–Kier alpha value is -1.87. The second kappa shape index (κ2) is 13.0. The first-order valence-electron chi connectivity index (χ1n) is 10.9. The van der Waals surface area contributed by atoms with Gasteiger partial charge in [0.15, 0.2) is 0 Å². The third-order valence-electron chi connectivity index (χ3n) is 5.31. The molecule has 2 rings (SSSR count). The molecule has 0 aliphatic carbocycles. The molecular formula is C24H35N3O3S2. The van der Waals surface area contributed by atoms with Crippen molar-refractivity contribution in [2.45, 2.75) is 51.2 Å². The highest BCUT2D eigenvalue weighted by Gasteiger charge is 2.25. The molecule has 8 heteroatoms. The molecule has 0 radical (unpaired) electrons. The number of nitrogens with zero attached hydrogens (tertiary/aromatic N) is 1. The van der Waals surface area contributed by atoms with Gasteiger partial charge in [0.05, 0.1) is 4.90 Å². The summed E-state index contributed by atoms with van der Waals surface area (Å²) in [6, 6.07) is 13.9. The van der Waals surface area contributed by atoms with Crippen LogP contribution in [0.25, 0.3) is 0 Å². The molecule has 32 heavy (non-hydrogen) atoms. The van der Waals surface area contributed by atoms with E-state index in [1.807, 2.05) is 25.3 Å². The maximum atomic E-state index is 12.9. The number of benzene rings is 2. The number of rotatable bonds is 13. The number of thioether (sulfide) groups is 1. The van der Waals surface area contributed by atoms with E-state index in [9.17, 15) is 13.2 Å². The number of carbonyl (C=O) groups excluding carboxylic acids is 1. The molecular weight excluding hydrogens is 442 g/mol. The first kappa shape index (κ1) is 26.4. The lowest BCUT2D eigenvalue weighted by Crippen LogP contribution is -2.46. The number of aryl methyl sites for hydroxylation is 1. The summed E-state index contributed by atoms with van der Waals surface area (Å²) >= 11 is 1.58. The monoisotopic (exact) mass is 477 g/mol. The van der Waals surface area contributed by atoms with Crippen LogP contribution in [0, 0.1) is 6.92 Å². The van der Waals surface area contributed by atoms with Crippen molar-refractivity contribution in [3.05, 3.63) is 65.2 Å². The first-order valence-corrected chi connectivity index (χ1v) is 13.8. The Morgan fingerprint density at radius 3 is 2.34 bits per heavy atom. The summed E-state index contributed by atoms with van der Waals surface area (Å²) in [4.78, 5) is 15.4. The second-order valence-electron chi connectivity index (χ2n) is 7.77. The van der Waals surface area contributed by atoms with Crippen molar-refractivity contribution >= 4 is 27.7 Å². The highest BCUT2D eigenvalue weighted by molar-refractivity contribution is 7.98. The maximum Gasteiger partial charge on any atom is 0.241 e. The van der Waals surface area contributed by atoms with Crippen LogP contribution in [0.4, 0.5) is 0 Å². The number of amides is 1. The average Bonchev–Trinajstić information content (AvgIpc) is 2.79. The molecule has 1 amide bonds. The van der Waals surface area contributed by atoms with Gasteiger partial charge in [-0.1, -0.05) is 55.8 Å². The van der Waals surface area contributed by atoms with Crippen molar-refractivity contribution in [3.63, 3.8) is 0 Å². The van der Waals surface area contributed by atoms with Gasteiger partial charge in [-0.25, -0.2) is 8.42 Å². The molecule has 2 N–H and O–H groups in total. The number of hydrogen-bond donors (Lipinski definition) is 2. The molecule has 6 nitrogen and oxygen atoms in total. The van der Waals surface area contributed by atoms with E-state index >= 15 is 0 Å². The van der Waals surface area contributed by atoms with Crippen molar-refractivity contribution in [2.75, 3.05) is 25.1 Å². The van der Waals surface area contributed by atoms with Crippen molar-refractivity contribution in [1.29, 1.82) is 0 Å². The zero-order valence-electron chi connectivity index (χ0n) is 19.4. The quantitative estimate of drug-likeness (QED) is 0.461. The average molecular weight is 478 g/mol. The van der Waals surface area contributed by atoms with Crippen molar-refractivity contribution in [2.24, 2.45) is 0 Å². The third kappa shape index (κ3) is 8.24. The minimum atomic E-state index is -3.79. The summed E-state index contributed by atoms with van der Waals surface area (Å²) in [7, 11) is -3.79. The molecule has 0 fully saturated rings. The zero-order chi connectivity index (χ0) is 23.6. The fourth-order valence-corrected chi connectivity index (χ4v) is 5.01. The van der Waals surface area contributed by atoms with Gasteiger partial charge in [0.1, 0.15) is 6.04 Å². The summed E-state index contributed by atoms with van der Waals surface area (Å²) in [5.74, 6) is 0.359. The molecule has 2 aromatic carbocycles. The largest absolute Gasteiger partial charge is 0.351 e. The fraction of sp³-hybridized carbons (Fsp3) is 0.458. The predicted molar refractivity (Wildman–Crippen MR) is 133 cm³/mol. The fourth-order valence-electron chi connectivity index (χ4n) is 3.31. The second-order valence-corrected chi connectivity index (χ2v) is 10.5. The van der Waals surface area contributed by atoms with E-state index < -0.39 is 16.1 Å². The van der Waals surface area contributed by atoms with Crippen molar-refractivity contribution in [1.82, 2.24) is 14.9 Å². The van der Waals surface area contributed by atoms with E-state index in [2.05, 4.69) is 40.9 Å². The van der Waals surface area contributed by atoms with Crippen LogP contribution in [0.5, 0.6) is 0 Å². The van der Waals surface area contributed by atoms with Crippen LogP contribution < -0.4 is 10.0 Å². The van der Waals surface area contributed by atoms with Crippen LogP contribution in [0.3, 0.4) is 0 Å². The summed E-state index contributed by atoms with van der Waals surface area (Å²) in [5.41, 5.74) is 3.16. The minimum absolute atomic E-state index is 0.161. The van der Waals surface area contributed by atoms with Crippen LogP contribution in [0.1, 0.15) is 37.0 Å². The number of sulfonamides is 1.